The Morgan fingerprint density at radius 3 is 2.73 bits per heavy atom. The lowest BCUT2D eigenvalue weighted by Crippen LogP contribution is -2.25. The van der Waals surface area contributed by atoms with Crippen LogP contribution in [0.4, 0.5) is 5.13 Å². The van der Waals surface area contributed by atoms with Gasteiger partial charge in [-0.25, -0.2) is 0 Å². The monoisotopic (exact) mass is 404 g/mol. The summed E-state index contributed by atoms with van der Waals surface area (Å²) in [6.07, 6.45) is 0. The van der Waals surface area contributed by atoms with E-state index in [1.807, 2.05) is 18.2 Å². The van der Waals surface area contributed by atoms with Crippen molar-refractivity contribution in [2.24, 2.45) is 0 Å². The lowest BCUT2D eigenvalue weighted by Gasteiger charge is -2.18. The fourth-order valence-electron chi connectivity index (χ4n) is 2.66. The molecule has 0 bridgehead atoms. The third-order valence-electron chi connectivity index (χ3n) is 3.75. The summed E-state index contributed by atoms with van der Waals surface area (Å²) in [5.41, 5.74) is 1.10. The van der Waals surface area contributed by atoms with Crippen LogP contribution in [0.1, 0.15) is 26.8 Å². The van der Waals surface area contributed by atoms with Crippen molar-refractivity contribution in [1.29, 1.82) is 0 Å². The Kier molecular flexibility index (Phi) is 4.94. The fraction of sp³-hybridized carbons (Fsp3) is 0.412. The average molecular weight is 405 g/mol. The van der Waals surface area contributed by atoms with Crippen molar-refractivity contribution >= 4 is 40.0 Å². The normalized spacial score (nSPS) is 16.7. The second-order valence-electron chi connectivity index (χ2n) is 7.07. The summed E-state index contributed by atoms with van der Waals surface area (Å²) in [6, 6.07) is 10.6. The first-order valence-electron chi connectivity index (χ1n) is 8.37. The summed E-state index contributed by atoms with van der Waals surface area (Å²) in [4.78, 5) is 0. The van der Waals surface area contributed by atoms with Crippen LogP contribution in [0, 0.1) is 0 Å². The minimum absolute atomic E-state index is 0.00840. The van der Waals surface area contributed by atoms with E-state index in [1.165, 1.54) is 0 Å². The summed E-state index contributed by atoms with van der Waals surface area (Å²) < 4.78 is 3.26. The summed E-state index contributed by atoms with van der Waals surface area (Å²) in [7, 11) is 0. The second kappa shape index (κ2) is 7.21. The van der Waals surface area contributed by atoms with Gasteiger partial charge in [0.1, 0.15) is 0 Å². The van der Waals surface area contributed by atoms with Crippen LogP contribution in [0.2, 0.25) is 0 Å². The summed E-state index contributed by atoms with van der Waals surface area (Å²) >= 11 is 5.13. The number of benzene rings is 1. The van der Waals surface area contributed by atoms with Crippen molar-refractivity contribution in [3.05, 3.63) is 30.3 Å². The van der Waals surface area contributed by atoms with E-state index in [0.717, 1.165) is 37.5 Å². The molecule has 2 aromatic heterocycles. The molecule has 1 aliphatic heterocycles. The van der Waals surface area contributed by atoms with Gasteiger partial charge in [-0.3, -0.25) is 4.57 Å². The van der Waals surface area contributed by atoms with Gasteiger partial charge in [0.25, 0.3) is 0 Å². The van der Waals surface area contributed by atoms with Crippen molar-refractivity contribution in [3.63, 3.8) is 0 Å². The highest BCUT2D eigenvalue weighted by atomic mass is 32.2. The van der Waals surface area contributed by atoms with E-state index < -0.39 is 0 Å². The predicted octanol–water partition coefficient (Wildman–Crippen LogP) is 4.45. The number of hydrogen-bond donors (Lipinski definition) is 1. The van der Waals surface area contributed by atoms with Gasteiger partial charge in [0.05, 0.1) is 6.04 Å². The first-order chi connectivity index (χ1) is 12.5. The maximum absolute atomic E-state index is 4.41. The number of nitrogens with one attached hydrogen (secondary N) is 1. The van der Waals surface area contributed by atoms with E-state index in [4.69, 9.17) is 0 Å². The molecule has 3 heterocycles. The summed E-state index contributed by atoms with van der Waals surface area (Å²) in [5, 5.41) is 22.6. The second-order valence-corrected chi connectivity index (χ2v) is 10.3. The molecule has 0 radical (unpaired) electrons. The zero-order chi connectivity index (χ0) is 18.1. The molecule has 0 saturated carbocycles. The Labute approximate surface area is 165 Å². The molecule has 26 heavy (non-hydrogen) atoms. The standard InChI is InChI=1S/C17H20N6S3/c1-17(2,3)18-14-20-22-16(26-14)25-10-12-9-24-15-21-19-13(23(12)15)11-7-5-4-6-8-11/h4-8,12H,9-10H2,1-3H3,(H,18,20). The van der Waals surface area contributed by atoms with Crippen LogP contribution in [0.3, 0.4) is 0 Å². The first kappa shape index (κ1) is 17.8. The van der Waals surface area contributed by atoms with Crippen LogP contribution >= 0.6 is 34.9 Å². The Bertz CT molecular complexity index is 884. The van der Waals surface area contributed by atoms with Gasteiger partial charge >= 0.3 is 0 Å². The molecule has 4 rings (SSSR count). The van der Waals surface area contributed by atoms with Crippen LogP contribution < -0.4 is 5.32 Å². The molecular formula is C17H20N6S3. The number of anilines is 1. The maximum atomic E-state index is 4.41. The van der Waals surface area contributed by atoms with Crippen molar-refractivity contribution in [2.75, 3.05) is 16.8 Å². The summed E-state index contributed by atoms with van der Waals surface area (Å²) in [5.74, 6) is 2.90. The Morgan fingerprint density at radius 1 is 1.15 bits per heavy atom. The first-order valence-corrected chi connectivity index (χ1v) is 11.2. The zero-order valence-electron chi connectivity index (χ0n) is 14.8. The van der Waals surface area contributed by atoms with E-state index in [-0.39, 0.29) is 5.54 Å². The highest BCUT2D eigenvalue weighted by molar-refractivity contribution is 8.01. The molecule has 6 nitrogen and oxygen atoms in total. The summed E-state index contributed by atoms with van der Waals surface area (Å²) in [6.45, 7) is 6.36. The van der Waals surface area contributed by atoms with Gasteiger partial charge < -0.3 is 5.32 Å². The minimum Gasteiger partial charge on any atom is -0.355 e. The molecule has 1 N–H and O–H groups in total. The maximum Gasteiger partial charge on any atom is 0.206 e. The third kappa shape index (κ3) is 3.89. The van der Waals surface area contributed by atoms with Gasteiger partial charge in [0.2, 0.25) is 5.13 Å². The molecule has 9 heteroatoms. The van der Waals surface area contributed by atoms with Crippen LogP contribution in [-0.2, 0) is 0 Å². The SMILES string of the molecule is CC(C)(C)Nc1nnc(SCC2CSc3nnc(-c4ccccc4)n32)s1. The van der Waals surface area contributed by atoms with Crippen molar-refractivity contribution in [1.82, 2.24) is 25.0 Å². The van der Waals surface area contributed by atoms with Crippen molar-refractivity contribution in [2.45, 2.75) is 41.8 Å². The zero-order valence-corrected chi connectivity index (χ0v) is 17.3. The minimum atomic E-state index is -0.00840. The highest BCUT2D eigenvalue weighted by Crippen LogP contribution is 2.39. The molecule has 1 aliphatic rings. The van der Waals surface area contributed by atoms with Gasteiger partial charge in [-0.2, -0.15) is 0 Å². The van der Waals surface area contributed by atoms with Gasteiger partial charge in [-0.15, -0.1) is 20.4 Å². The quantitative estimate of drug-likeness (QED) is 0.630. The van der Waals surface area contributed by atoms with Gasteiger partial charge in [0, 0.05) is 22.6 Å². The van der Waals surface area contributed by atoms with E-state index in [1.54, 1.807) is 34.9 Å². The van der Waals surface area contributed by atoms with Crippen LogP contribution in [0.25, 0.3) is 11.4 Å². The van der Waals surface area contributed by atoms with Gasteiger partial charge in [-0.1, -0.05) is 65.2 Å². The molecule has 1 atom stereocenters. The number of rotatable bonds is 5. The fourth-order valence-corrected chi connectivity index (χ4v) is 5.96. The number of thioether (sulfide) groups is 2. The Balaban J connectivity index is 1.47. The average Bonchev–Trinajstić information content (AvgIpc) is 3.29. The molecular weight excluding hydrogens is 384 g/mol. The predicted molar refractivity (Wildman–Crippen MR) is 109 cm³/mol. The third-order valence-corrected chi connectivity index (χ3v) is 6.96. The van der Waals surface area contributed by atoms with Crippen LogP contribution in [-0.4, -0.2) is 42.0 Å². The molecule has 1 unspecified atom stereocenters. The molecule has 1 aromatic carbocycles. The number of fused-ring (bicyclic) bond motifs is 1. The highest BCUT2D eigenvalue weighted by Gasteiger charge is 2.28. The largest absolute Gasteiger partial charge is 0.355 e. The molecule has 0 spiro atoms. The van der Waals surface area contributed by atoms with Crippen molar-refractivity contribution in [3.8, 4) is 11.4 Å². The lowest BCUT2D eigenvalue weighted by atomic mass is 10.1. The number of aromatic nitrogens is 5. The van der Waals surface area contributed by atoms with Crippen LogP contribution in [0.5, 0.6) is 0 Å². The smallest absolute Gasteiger partial charge is 0.206 e. The molecule has 0 saturated heterocycles. The molecule has 136 valence electrons. The van der Waals surface area contributed by atoms with Crippen LogP contribution in [0.15, 0.2) is 39.8 Å². The van der Waals surface area contributed by atoms with E-state index in [2.05, 4.69) is 63.2 Å². The Hall–Kier alpha value is -1.58. The van der Waals surface area contributed by atoms with Gasteiger partial charge in [0.15, 0.2) is 15.3 Å². The number of hydrogen-bond acceptors (Lipinski definition) is 8. The van der Waals surface area contributed by atoms with Crippen molar-refractivity contribution < 1.29 is 0 Å². The molecule has 0 aliphatic carbocycles. The van der Waals surface area contributed by atoms with E-state index >= 15 is 0 Å². The van der Waals surface area contributed by atoms with E-state index in [9.17, 15) is 0 Å². The van der Waals surface area contributed by atoms with Gasteiger partial charge in [-0.05, 0) is 20.8 Å². The van der Waals surface area contributed by atoms with E-state index in [0.29, 0.717) is 6.04 Å². The lowest BCUT2D eigenvalue weighted by molar-refractivity contribution is 0.597. The molecule has 0 fully saturated rings. The number of nitrogens with zero attached hydrogens (tertiary/aromatic N) is 5. The Morgan fingerprint density at radius 2 is 1.96 bits per heavy atom. The topological polar surface area (TPSA) is 68.5 Å². The molecule has 0 amide bonds. The molecule has 3 aromatic rings.